The number of hydrogen-bond acceptors (Lipinski definition) is 9. The van der Waals surface area contributed by atoms with Gasteiger partial charge in [0.1, 0.15) is 18.1 Å². The van der Waals surface area contributed by atoms with E-state index in [1.54, 1.807) is 0 Å². The molecule has 0 bridgehead atoms. The van der Waals surface area contributed by atoms with E-state index >= 15 is 0 Å². The van der Waals surface area contributed by atoms with Crippen molar-refractivity contribution in [3.63, 3.8) is 0 Å². The molecular formula is C9H15N3O10P2. The number of phosphoric acid groups is 2. The maximum absolute atomic E-state index is 11.7. The molecule has 1 aromatic rings. The van der Waals surface area contributed by atoms with Crippen LogP contribution in [0.3, 0.4) is 0 Å². The van der Waals surface area contributed by atoms with Crippen LogP contribution >= 0.6 is 15.6 Å². The van der Waals surface area contributed by atoms with Crippen molar-refractivity contribution in [2.75, 3.05) is 12.3 Å². The highest BCUT2D eigenvalue weighted by atomic mass is 31.3. The summed E-state index contributed by atoms with van der Waals surface area (Å²) < 4.78 is 36.2. The molecule has 6 N–H and O–H groups in total. The Bertz CT molecular complexity index is 747. The topological polar surface area (TPSA) is 204 Å². The van der Waals surface area contributed by atoms with Crippen LogP contribution in [0.2, 0.25) is 0 Å². The molecule has 0 aromatic carbocycles. The van der Waals surface area contributed by atoms with Gasteiger partial charge in [0, 0.05) is 12.6 Å². The zero-order valence-corrected chi connectivity index (χ0v) is 13.7. The third-order valence-corrected chi connectivity index (χ3v) is 5.13. The summed E-state index contributed by atoms with van der Waals surface area (Å²) in [5, 5.41) is 9.86. The van der Waals surface area contributed by atoms with Gasteiger partial charge in [-0.2, -0.15) is 9.29 Å². The number of anilines is 1. The van der Waals surface area contributed by atoms with Gasteiger partial charge in [0.15, 0.2) is 0 Å². The third kappa shape index (κ3) is 5.18. The Labute approximate surface area is 134 Å². The van der Waals surface area contributed by atoms with Gasteiger partial charge < -0.3 is 30.3 Å². The molecule has 0 radical (unpaired) electrons. The van der Waals surface area contributed by atoms with Crippen LogP contribution in [0.4, 0.5) is 5.82 Å². The molecular weight excluding hydrogens is 372 g/mol. The summed E-state index contributed by atoms with van der Waals surface area (Å²) in [5.41, 5.74) is 4.64. The number of phosphoric ester groups is 1. The highest BCUT2D eigenvalue weighted by Gasteiger charge is 2.39. The molecule has 1 saturated heterocycles. The number of ether oxygens (including phenoxy) is 1. The minimum absolute atomic E-state index is 0.00508. The number of aliphatic hydroxyl groups is 1. The second-order valence-electron chi connectivity index (χ2n) is 4.81. The predicted molar refractivity (Wildman–Crippen MR) is 76.3 cm³/mol. The van der Waals surface area contributed by atoms with Crippen LogP contribution in [0.15, 0.2) is 17.1 Å². The molecule has 2 heterocycles. The van der Waals surface area contributed by atoms with Gasteiger partial charge in [-0.15, -0.1) is 0 Å². The van der Waals surface area contributed by atoms with Crippen LogP contribution in [0.5, 0.6) is 0 Å². The third-order valence-electron chi connectivity index (χ3n) is 2.98. The maximum Gasteiger partial charge on any atom is 0.481 e. The smallest absolute Gasteiger partial charge is 0.390 e. The van der Waals surface area contributed by atoms with E-state index in [1.165, 1.54) is 12.3 Å². The van der Waals surface area contributed by atoms with Crippen molar-refractivity contribution in [2.24, 2.45) is 0 Å². The number of aromatic nitrogens is 2. The monoisotopic (exact) mass is 387 g/mol. The molecule has 0 spiro atoms. The number of nitrogen functional groups attached to an aromatic ring is 1. The van der Waals surface area contributed by atoms with E-state index in [0.29, 0.717) is 0 Å². The molecule has 13 nitrogen and oxygen atoms in total. The highest BCUT2D eigenvalue weighted by Crippen LogP contribution is 2.57. The molecule has 2 rings (SSSR count). The Balaban J connectivity index is 2.00. The normalized spacial score (nSPS) is 27.1. The van der Waals surface area contributed by atoms with Crippen molar-refractivity contribution in [1.29, 1.82) is 0 Å². The Hall–Kier alpha value is -1.14. The number of nitrogens with zero attached hydrogens (tertiary/aromatic N) is 2. The lowest BCUT2D eigenvalue weighted by atomic mass is 10.2. The van der Waals surface area contributed by atoms with E-state index in [2.05, 4.69) is 13.8 Å². The minimum atomic E-state index is -5.24. The van der Waals surface area contributed by atoms with Gasteiger partial charge in [-0.1, -0.05) is 0 Å². The number of aliphatic hydroxyl groups excluding tert-OH is 1. The first-order valence-corrected chi connectivity index (χ1v) is 9.42. The predicted octanol–water partition coefficient (Wildman–Crippen LogP) is -1.30. The average Bonchev–Trinajstić information content (AvgIpc) is 2.75. The van der Waals surface area contributed by atoms with Crippen molar-refractivity contribution < 1.29 is 42.5 Å². The van der Waals surface area contributed by atoms with Crippen molar-refractivity contribution in [2.45, 2.75) is 24.9 Å². The fourth-order valence-electron chi connectivity index (χ4n) is 2.01. The Kier molecular flexibility index (Phi) is 5.60. The maximum atomic E-state index is 11.7. The van der Waals surface area contributed by atoms with E-state index in [0.717, 1.165) is 4.57 Å². The Morgan fingerprint density at radius 1 is 1.42 bits per heavy atom. The summed E-state index contributed by atoms with van der Waals surface area (Å²) in [7, 11) is -10.3. The molecule has 15 heteroatoms. The lowest BCUT2D eigenvalue weighted by Gasteiger charge is -2.18. The molecule has 24 heavy (non-hydrogen) atoms. The van der Waals surface area contributed by atoms with Crippen LogP contribution in [0.25, 0.3) is 0 Å². The van der Waals surface area contributed by atoms with E-state index < -0.39 is 46.4 Å². The molecule has 1 aromatic heterocycles. The molecule has 0 saturated carbocycles. The van der Waals surface area contributed by atoms with Gasteiger partial charge in [-0.3, -0.25) is 9.09 Å². The number of nitrogens with two attached hydrogens (primary N) is 1. The first kappa shape index (κ1) is 19.2. The zero-order chi connectivity index (χ0) is 18.1. The standard InChI is InChI=1S/C9H15N3O10P2/c10-7-1-2-12(9(14)11-7)8-3-5(13)6(21-8)4-20-24(18,19)22-23(15,16)17/h1-2,5-6,8,13H,3-4H2,(H,18,19)(H2,10,11,14)(H2,15,16,17)/t5-,6+,8+/m1/s1. The first-order valence-electron chi connectivity index (χ1n) is 6.39. The van der Waals surface area contributed by atoms with Gasteiger partial charge >= 0.3 is 21.3 Å². The van der Waals surface area contributed by atoms with Crippen molar-refractivity contribution in [3.05, 3.63) is 22.7 Å². The van der Waals surface area contributed by atoms with Crippen LogP contribution in [-0.2, 0) is 22.7 Å². The van der Waals surface area contributed by atoms with Crippen LogP contribution < -0.4 is 11.4 Å². The fourth-order valence-corrected chi connectivity index (χ4v) is 3.61. The molecule has 1 aliphatic rings. The van der Waals surface area contributed by atoms with E-state index in [9.17, 15) is 19.0 Å². The largest absolute Gasteiger partial charge is 0.481 e. The molecule has 1 unspecified atom stereocenters. The summed E-state index contributed by atoms with van der Waals surface area (Å²) in [6.07, 6.45) is -1.97. The van der Waals surface area contributed by atoms with E-state index in [4.69, 9.17) is 25.2 Å². The molecule has 4 atom stereocenters. The minimum Gasteiger partial charge on any atom is -0.390 e. The Morgan fingerprint density at radius 3 is 2.67 bits per heavy atom. The van der Waals surface area contributed by atoms with Gasteiger partial charge in [0.2, 0.25) is 0 Å². The number of hydrogen-bond donors (Lipinski definition) is 5. The van der Waals surface area contributed by atoms with Gasteiger partial charge in [0.05, 0.1) is 12.7 Å². The van der Waals surface area contributed by atoms with Crippen LogP contribution in [-0.4, -0.2) is 48.2 Å². The van der Waals surface area contributed by atoms with Crippen molar-refractivity contribution in [3.8, 4) is 0 Å². The van der Waals surface area contributed by atoms with E-state index in [-0.39, 0.29) is 12.2 Å². The molecule has 1 fully saturated rings. The average molecular weight is 387 g/mol. The van der Waals surface area contributed by atoms with Crippen molar-refractivity contribution in [1.82, 2.24) is 9.55 Å². The second-order valence-corrected chi connectivity index (χ2v) is 7.64. The van der Waals surface area contributed by atoms with Gasteiger partial charge in [-0.05, 0) is 6.07 Å². The first-order chi connectivity index (χ1) is 11.0. The lowest BCUT2D eigenvalue weighted by Crippen LogP contribution is -2.28. The van der Waals surface area contributed by atoms with Gasteiger partial charge in [-0.25, -0.2) is 13.9 Å². The van der Waals surface area contributed by atoms with Crippen LogP contribution in [0, 0.1) is 0 Å². The zero-order valence-electron chi connectivity index (χ0n) is 11.9. The Morgan fingerprint density at radius 2 is 2.08 bits per heavy atom. The summed E-state index contributed by atoms with van der Waals surface area (Å²) in [6, 6.07) is 1.34. The van der Waals surface area contributed by atoms with E-state index in [1.807, 2.05) is 0 Å². The summed E-state index contributed by atoms with van der Waals surface area (Å²) in [4.78, 5) is 41.3. The summed E-state index contributed by atoms with van der Waals surface area (Å²) in [6.45, 7) is -0.706. The van der Waals surface area contributed by atoms with Crippen LogP contribution in [0.1, 0.15) is 12.6 Å². The molecule has 136 valence electrons. The van der Waals surface area contributed by atoms with Gasteiger partial charge in [0.25, 0.3) is 0 Å². The van der Waals surface area contributed by atoms with Crippen molar-refractivity contribution >= 4 is 21.5 Å². The summed E-state index contributed by atoms with van der Waals surface area (Å²) >= 11 is 0. The molecule has 1 aliphatic heterocycles. The second kappa shape index (κ2) is 7.00. The molecule has 0 aliphatic carbocycles. The SMILES string of the molecule is Nc1ccn([C@@H]2C[C@@H](O)[C@H](COP(=O)(O)OP(=O)(O)O)O2)c(=O)n1. The lowest BCUT2D eigenvalue weighted by molar-refractivity contribution is -0.0449. The highest BCUT2D eigenvalue weighted by molar-refractivity contribution is 7.60. The quantitative estimate of drug-likeness (QED) is 0.361. The molecule has 0 amide bonds. The summed E-state index contributed by atoms with van der Waals surface area (Å²) in [5.74, 6) is 0.00508. The fraction of sp³-hybridized carbons (Fsp3) is 0.556. The number of rotatable bonds is 6.